The van der Waals surface area contributed by atoms with Crippen molar-refractivity contribution < 1.29 is 9.53 Å². The fraction of sp³-hybridized carbons (Fsp3) is 0.0741. The largest absolute Gasteiger partial charge is 0.452 e. The molecule has 0 fully saturated rings. The predicted octanol–water partition coefficient (Wildman–Crippen LogP) is 5.93. The lowest BCUT2D eigenvalue weighted by Crippen LogP contribution is -2.36. The summed E-state index contributed by atoms with van der Waals surface area (Å²) in [6.07, 6.45) is -0.460. The van der Waals surface area contributed by atoms with Gasteiger partial charge >= 0.3 is 5.97 Å². The van der Waals surface area contributed by atoms with Gasteiger partial charge in [0.2, 0.25) is 0 Å². The first-order valence-corrected chi connectivity index (χ1v) is 9.78. The molecule has 0 radical (unpaired) electrons. The number of hydrogen-bond acceptors (Lipinski definition) is 2. The Balaban J connectivity index is 1.89. The van der Waals surface area contributed by atoms with E-state index in [1.54, 1.807) is 0 Å². The van der Waals surface area contributed by atoms with E-state index in [0.717, 1.165) is 22.3 Å². The third-order valence-electron chi connectivity index (χ3n) is 5.77. The Bertz CT molecular complexity index is 1040. The summed E-state index contributed by atoms with van der Waals surface area (Å²) in [5, 5.41) is 0. The molecule has 0 amide bonds. The van der Waals surface area contributed by atoms with Crippen LogP contribution in [-0.4, -0.2) is 5.97 Å². The molecule has 2 heteroatoms. The highest BCUT2D eigenvalue weighted by Crippen LogP contribution is 2.53. The maximum atomic E-state index is 12.8. The van der Waals surface area contributed by atoms with Crippen molar-refractivity contribution in [3.8, 4) is 0 Å². The smallest absolute Gasteiger partial charge is 0.339 e. The van der Waals surface area contributed by atoms with E-state index in [1.165, 1.54) is 0 Å². The van der Waals surface area contributed by atoms with Gasteiger partial charge in [0.15, 0.2) is 0 Å². The first-order valence-electron chi connectivity index (χ1n) is 9.78. The van der Waals surface area contributed by atoms with Crippen molar-refractivity contribution in [3.63, 3.8) is 0 Å². The first kappa shape index (κ1) is 17.4. The fourth-order valence-corrected chi connectivity index (χ4v) is 4.52. The van der Waals surface area contributed by atoms with Gasteiger partial charge in [-0.3, -0.25) is 0 Å². The number of ether oxygens (including phenoxy) is 1. The van der Waals surface area contributed by atoms with Gasteiger partial charge in [-0.2, -0.15) is 0 Å². The van der Waals surface area contributed by atoms with E-state index in [4.69, 9.17) is 4.74 Å². The Labute approximate surface area is 170 Å². The Hall–Kier alpha value is -3.65. The van der Waals surface area contributed by atoms with E-state index in [2.05, 4.69) is 36.4 Å². The minimum Gasteiger partial charge on any atom is -0.452 e. The summed E-state index contributed by atoms with van der Waals surface area (Å²) in [6, 6.07) is 38.7. The Morgan fingerprint density at radius 1 is 0.552 bits per heavy atom. The van der Waals surface area contributed by atoms with Gasteiger partial charge in [0.1, 0.15) is 6.10 Å². The van der Waals surface area contributed by atoms with Crippen molar-refractivity contribution in [1.82, 2.24) is 0 Å². The number of fused-ring (bicyclic) bond motifs is 1. The molecular formula is C27H20O2. The molecule has 2 nitrogen and oxygen atoms in total. The quantitative estimate of drug-likeness (QED) is 0.326. The molecule has 1 aliphatic heterocycles. The third kappa shape index (κ3) is 2.68. The van der Waals surface area contributed by atoms with Crippen LogP contribution in [0, 0.1) is 0 Å². The lowest BCUT2D eigenvalue weighted by atomic mass is 9.64. The number of carbonyl (C=O) groups excluding carboxylic acids is 1. The molecule has 4 aromatic rings. The third-order valence-corrected chi connectivity index (χ3v) is 5.77. The average molecular weight is 376 g/mol. The lowest BCUT2D eigenvalue weighted by Gasteiger charge is -2.40. The summed E-state index contributed by atoms with van der Waals surface area (Å²) in [4.78, 5) is 12.8. The summed E-state index contributed by atoms with van der Waals surface area (Å²) >= 11 is 0. The van der Waals surface area contributed by atoms with Crippen molar-refractivity contribution in [2.75, 3.05) is 0 Å². The van der Waals surface area contributed by atoms with Crippen molar-refractivity contribution in [2.24, 2.45) is 0 Å². The highest BCUT2D eigenvalue weighted by molar-refractivity contribution is 5.94. The van der Waals surface area contributed by atoms with Gasteiger partial charge in [-0.25, -0.2) is 4.79 Å². The van der Waals surface area contributed by atoms with Gasteiger partial charge in [0, 0.05) is 5.56 Å². The zero-order chi connectivity index (χ0) is 19.7. The summed E-state index contributed by atoms with van der Waals surface area (Å²) < 4.78 is 6.12. The van der Waals surface area contributed by atoms with Crippen LogP contribution >= 0.6 is 0 Å². The van der Waals surface area contributed by atoms with Crippen molar-refractivity contribution in [2.45, 2.75) is 11.5 Å². The number of benzene rings is 4. The number of hydrogen-bond donors (Lipinski definition) is 0. The van der Waals surface area contributed by atoms with Crippen LogP contribution in [0.3, 0.4) is 0 Å². The SMILES string of the molecule is O=C1OC(C(c2ccccc2)(c2ccccc2)c2ccccc2)c2ccccc21. The normalized spacial score (nSPS) is 15.6. The highest BCUT2D eigenvalue weighted by Gasteiger charge is 2.50. The fourth-order valence-electron chi connectivity index (χ4n) is 4.52. The molecular weight excluding hydrogens is 356 g/mol. The second-order valence-corrected chi connectivity index (χ2v) is 7.28. The van der Waals surface area contributed by atoms with Crippen LogP contribution < -0.4 is 0 Å². The molecule has 0 spiro atoms. The van der Waals surface area contributed by atoms with Crippen LogP contribution in [0.2, 0.25) is 0 Å². The van der Waals surface area contributed by atoms with Crippen LogP contribution in [-0.2, 0) is 10.2 Å². The van der Waals surface area contributed by atoms with Gasteiger partial charge in [0.25, 0.3) is 0 Å². The molecule has 29 heavy (non-hydrogen) atoms. The summed E-state index contributed by atoms with van der Waals surface area (Å²) in [5.41, 5.74) is 4.18. The summed E-state index contributed by atoms with van der Waals surface area (Å²) in [6.45, 7) is 0. The molecule has 0 bridgehead atoms. The lowest BCUT2D eigenvalue weighted by molar-refractivity contribution is 0.0270. The molecule has 0 aromatic heterocycles. The highest BCUT2D eigenvalue weighted by atomic mass is 16.5. The predicted molar refractivity (Wildman–Crippen MR) is 114 cm³/mol. The van der Waals surface area contributed by atoms with Crippen LogP contribution in [0.1, 0.15) is 38.7 Å². The molecule has 5 rings (SSSR count). The van der Waals surface area contributed by atoms with E-state index < -0.39 is 11.5 Å². The zero-order valence-corrected chi connectivity index (χ0v) is 15.9. The van der Waals surface area contributed by atoms with E-state index in [-0.39, 0.29) is 5.97 Å². The molecule has 140 valence electrons. The van der Waals surface area contributed by atoms with Crippen molar-refractivity contribution >= 4 is 5.97 Å². The van der Waals surface area contributed by atoms with Crippen molar-refractivity contribution in [1.29, 1.82) is 0 Å². The minimum atomic E-state index is -0.661. The van der Waals surface area contributed by atoms with Crippen molar-refractivity contribution in [3.05, 3.63) is 143 Å². The van der Waals surface area contributed by atoms with Crippen LogP contribution in [0.15, 0.2) is 115 Å². The maximum Gasteiger partial charge on any atom is 0.339 e. The summed E-state index contributed by atoms with van der Waals surface area (Å²) in [5.74, 6) is -0.266. The Morgan fingerprint density at radius 2 is 0.966 bits per heavy atom. The second-order valence-electron chi connectivity index (χ2n) is 7.28. The number of rotatable bonds is 4. The number of esters is 1. The van der Waals surface area contributed by atoms with Gasteiger partial charge in [0.05, 0.1) is 11.0 Å². The molecule has 1 aliphatic rings. The van der Waals surface area contributed by atoms with E-state index in [0.29, 0.717) is 5.56 Å². The first-order chi connectivity index (χ1) is 14.3. The van der Waals surface area contributed by atoms with Gasteiger partial charge in [-0.05, 0) is 22.8 Å². The molecule has 0 N–H and O–H groups in total. The zero-order valence-electron chi connectivity index (χ0n) is 15.9. The molecule has 4 aromatic carbocycles. The maximum absolute atomic E-state index is 12.8. The summed E-state index contributed by atoms with van der Waals surface area (Å²) in [7, 11) is 0. The standard InChI is InChI=1S/C27H20O2/c28-26-24-19-11-10-18-23(24)25(29-26)27(20-12-4-1-5-13-20,21-14-6-2-7-15-21)22-16-8-3-9-17-22/h1-19,25H. The van der Waals surface area contributed by atoms with Gasteiger partial charge in [-0.1, -0.05) is 109 Å². The molecule has 1 atom stereocenters. The monoisotopic (exact) mass is 376 g/mol. The molecule has 0 saturated heterocycles. The van der Waals surface area contributed by atoms with Crippen LogP contribution in [0.5, 0.6) is 0 Å². The van der Waals surface area contributed by atoms with E-state index >= 15 is 0 Å². The minimum absolute atomic E-state index is 0.266. The Morgan fingerprint density at radius 3 is 1.45 bits per heavy atom. The number of carbonyl (C=O) groups is 1. The van der Waals surface area contributed by atoms with E-state index in [1.807, 2.05) is 78.9 Å². The molecule has 0 aliphatic carbocycles. The van der Waals surface area contributed by atoms with Crippen LogP contribution in [0.4, 0.5) is 0 Å². The average Bonchev–Trinajstić information content (AvgIpc) is 3.14. The van der Waals surface area contributed by atoms with Crippen LogP contribution in [0.25, 0.3) is 0 Å². The van der Waals surface area contributed by atoms with Gasteiger partial charge in [-0.15, -0.1) is 0 Å². The second kappa shape index (κ2) is 7.06. The molecule has 1 unspecified atom stereocenters. The van der Waals surface area contributed by atoms with E-state index in [9.17, 15) is 4.79 Å². The van der Waals surface area contributed by atoms with Gasteiger partial charge < -0.3 is 4.74 Å². The Kier molecular flexibility index (Phi) is 4.25. The molecule has 0 saturated carbocycles. The number of cyclic esters (lactones) is 1. The molecule has 1 heterocycles. The topological polar surface area (TPSA) is 26.3 Å².